The first-order valence-corrected chi connectivity index (χ1v) is 6.69. The molecule has 2 rings (SSSR count). The highest BCUT2D eigenvalue weighted by atomic mass is 35.5. The van der Waals surface area contributed by atoms with Crippen LogP contribution in [0.4, 0.5) is 5.69 Å². The van der Waals surface area contributed by atoms with E-state index in [1.54, 1.807) is 24.5 Å². The first-order chi connectivity index (χ1) is 9.06. The molecule has 3 nitrogen and oxygen atoms in total. The van der Waals surface area contributed by atoms with E-state index in [0.29, 0.717) is 22.9 Å². The Kier molecular flexibility index (Phi) is 4.64. The summed E-state index contributed by atoms with van der Waals surface area (Å²) in [6.07, 6.45) is 4.82. The maximum Gasteiger partial charge on any atom is 0.0595 e. The van der Waals surface area contributed by atoms with E-state index in [-0.39, 0.29) is 6.04 Å². The molecule has 1 heterocycles. The van der Waals surface area contributed by atoms with E-state index in [9.17, 15) is 0 Å². The van der Waals surface area contributed by atoms with Crippen LogP contribution in [0.1, 0.15) is 11.1 Å². The van der Waals surface area contributed by atoms with Gasteiger partial charge in [0, 0.05) is 24.1 Å². The van der Waals surface area contributed by atoms with Crippen molar-refractivity contribution >= 4 is 28.9 Å². The molecule has 5 heteroatoms. The Balaban J connectivity index is 2.03. The summed E-state index contributed by atoms with van der Waals surface area (Å²) in [5.74, 6) is 0. The third-order valence-electron chi connectivity index (χ3n) is 2.91. The molecule has 1 aromatic heterocycles. The molecule has 0 aliphatic rings. The van der Waals surface area contributed by atoms with Crippen molar-refractivity contribution < 1.29 is 0 Å². The van der Waals surface area contributed by atoms with E-state index in [1.807, 2.05) is 12.1 Å². The van der Waals surface area contributed by atoms with Crippen molar-refractivity contribution in [2.75, 3.05) is 5.73 Å². The average molecular weight is 296 g/mol. The van der Waals surface area contributed by atoms with Crippen LogP contribution < -0.4 is 11.5 Å². The Morgan fingerprint density at radius 3 is 2.58 bits per heavy atom. The molecule has 100 valence electrons. The molecule has 0 aliphatic heterocycles. The smallest absolute Gasteiger partial charge is 0.0595 e. The lowest BCUT2D eigenvalue weighted by molar-refractivity contribution is 0.664. The lowest BCUT2D eigenvalue weighted by Gasteiger charge is -2.13. The van der Waals surface area contributed by atoms with Crippen molar-refractivity contribution in [1.82, 2.24) is 4.98 Å². The quantitative estimate of drug-likeness (QED) is 0.911. The standard InChI is InChI=1S/C14H15Cl2N3/c15-12-2-1-9(6-13(12)16)5-11(17)7-10-8-19-4-3-14(10)18/h1-4,6,8,11H,5,7,17H2,(H2,18,19). The Bertz CT molecular complexity index is 572. The molecule has 19 heavy (non-hydrogen) atoms. The van der Waals surface area contributed by atoms with E-state index in [1.165, 1.54) is 0 Å². The van der Waals surface area contributed by atoms with Crippen molar-refractivity contribution in [1.29, 1.82) is 0 Å². The molecule has 1 aromatic carbocycles. The van der Waals surface area contributed by atoms with Crippen molar-refractivity contribution in [2.24, 2.45) is 5.73 Å². The van der Waals surface area contributed by atoms with Crippen molar-refractivity contribution in [2.45, 2.75) is 18.9 Å². The van der Waals surface area contributed by atoms with E-state index >= 15 is 0 Å². The van der Waals surface area contributed by atoms with Gasteiger partial charge in [-0.25, -0.2) is 0 Å². The molecular weight excluding hydrogens is 281 g/mol. The van der Waals surface area contributed by atoms with Crippen LogP contribution in [0, 0.1) is 0 Å². The summed E-state index contributed by atoms with van der Waals surface area (Å²) in [6.45, 7) is 0. The SMILES string of the molecule is Nc1ccncc1CC(N)Cc1ccc(Cl)c(Cl)c1. The number of pyridine rings is 1. The number of aromatic nitrogens is 1. The molecule has 0 radical (unpaired) electrons. The van der Waals surface area contributed by atoms with Crippen LogP contribution in [0.2, 0.25) is 10.0 Å². The molecular formula is C14H15Cl2N3. The first-order valence-electron chi connectivity index (χ1n) is 5.94. The molecule has 0 amide bonds. The zero-order valence-corrected chi connectivity index (χ0v) is 11.8. The van der Waals surface area contributed by atoms with Crippen molar-refractivity contribution in [3.8, 4) is 0 Å². The van der Waals surface area contributed by atoms with Gasteiger partial charge >= 0.3 is 0 Å². The molecule has 0 saturated heterocycles. The number of anilines is 1. The van der Waals surface area contributed by atoms with E-state index in [2.05, 4.69) is 4.98 Å². The molecule has 0 aliphatic carbocycles. The van der Waals surface area contributed by atoms with Crippen LogP contribution in [0.15, 0.2) is 36.7 Å². The fourth-order valence-electron chi connectivity index (χ4n) is 1.93. The summed E-state index contributed by atoms with van der Waals surface area (Å²) in [7, 11) is 0. The summed E-state index contributed by atoms with van der Waals surface area (Å²) in [4.78, 5) is 4.06. The first kappa shape index (κ1) is 14.1. The Morgan fingerprint density at radius 2 is 1.89 bits per heavy atom. The van der Waals surface area contributed by atoms with Gasteiger partial charge < -0.3 is 11.5 Å². The van der Waals surface area contributed by atoms with Gasteiger partial charge in [0.2, 0.25) is 0 Å². The molecule has 0 saturated carbocycles. The molecule has 1 atom stereocenters. The van der Waals surface area contributed by atoms with Gasteiger partial charge in [-0.15, -0.1) is 0 Å². The van der Waals surface area contributed by atoms with Gasteiger partial charge in [-0.2, -0.15) is 0 Å². The largest absolute Gasteiger partial charge is 0.398 e. The summed E-state index contributed by atoms with van der Waals surface area (Å²) >= 11 is 11.9. The van der Waals surface area contributed by atoms with E-state index in [4.69, 9.17) is 34.7 Å². The number of benzene rings is 1. The van der Waals surface area contributed by atoms with Crippen LogP contribution in [0.5, 0.6) is 0 Å². The Morgan fingerprint density at radius 1 is 1.11 bits per heavy atom. The number of rotatable bonds is 4. The molecule has 1 unspecified atom stereocenters. The normalized spacial score (nSPS) is 12.4. The Labute approximate surface area is 122 Å². The monoisotopic (exact) mass is 295 g/mol. The predicted molar refractivity (Wildman–Crippen MR) is 80.5 cm³/mol. The number of hydrogen-bond donors (Lipinski definition) is 2. The maximum absolute atomic E-state index is 6.14. The molecule has 0 spiro atoms. The van der Waals surface area contributed by atoms with Gasteiger partial charge in [-0.05, 0) is 42.2 Å². The minimum absolute atomic E-state index is 0.0382. The molecule has 0 fully saturated rings. The van der Waals surface area contributed by atoms with Crippen molar-refractivity contribution in [3.05, 3.63) is 57.8 Å². The average Bonchev–Trinajstić information content (AvgIpc) is 2.37. The van der Waals surface area contributed by atoms with Gasteiger partial charge in [0.25, 0.3) is 0 Å². The number of halogens is 2. The third kappa shape index (κ3) is 3.83. The summed E-state index contributed by atoms with van der Waals surface area (Å²) < 4.78 is 0. The second kappa shape index (κ2) is 6.24. The van der Waals surface area contributed by atoms with Crippen LogP contribution >= 0.6 is 23.2 Å². The number of nitrogens with two attached hydrogens (primary N) is 2. The maximum atomic E-state index is 6.14. The molecule has 4 N–H and O–H groups in total. The summed E-state index contributed by atoms with van der Waals surface area (Å²) in [5.41, 5.74) is 14.8. The van der Waals surface area contributed by atoms with Gasteiger partial charge in [0.15, 0.2) is 0 Å². The highest BCUT2D eigenvalue weighted by molar-refractivity contribution is 6.42. The second-order valence-electron chi connectivity index (χ2n) is 4.49. The third-order valence-corrected chi connectivity index (χ3v) is 3.64. The number of hydrogen-bond acceptors (Lipinski definition) is 3. The number of nitrogen functional groups attached to an aromatic ring is 1. The lowest BCUT2D eigenvalue weighted by atomic mass is 10.00. The highest BCUT2D eigenvalue weighted by Gasteiger charge is 2.09. The van der Waals surface area contributed by atoms with E-state index < -0.39 is 0 Å². The topological polar surface area (TPSA) is 64.9 Å². The number of nitrogens with zero attached hydrogens (tertiary/aromatic N) is 1. The van der Waals surface area contributed by atoms with Gasteiger partial charge in [-0.3, -0.25) is 4.98 Å². The fourth-order valence-corrected chi connectivity index (χ4v) is 2.25. The minimum Gasteiger partial charge on any atom is -0.398 e. The van der Waals surface area contributed by atoms with Crippen LogP contribution in [0.25, 0.3) is 0 Å². The van der Waals surface area contributed by atoms with E-state index in [0.717, 1.165) is 16.8 Å². The molecule has 2 aromatic rings. The summed E-state index contributed by atoms with van der Waals surface area (Å²) in [5, 5.41) is 1.10. The van der Waals surface area contributed by atoms with Crippen LogP contribution in [0.3, 0.4) is 0 Å². The zero-order chi connectivity index (χ0) is 13.8. The van der Waals surface area contributed by atoms with Gasteiger partial charge in [0.05, 0.1) is 10.0 Å². The lowest BCUT2D eigenvalue weighted by Crippen LogP contribution is -2.26. The minimum atomic E-state index is -0.0382. The van der Waals surface area contributed by atoms with Crippen LogP contribution in [-0.4, -0.2) is 11.0 Å². The highest BCUT2D eigenvalue weighted by Crippen LogP contribution is 2.23. The van der Waals surface area contributed by atoms with Gasteiger partial charge in [0.1, 0.15) is 0 Å². The van der Waals surface area contributed by atoms with Crippen LogP contribution in [-0.2, 0) is 12.8 Å². The fraction of sp³-hybridized carbons (Fsp3) is 0.214. The Hall–Kier alpha value is -1.29. The second-order valence-corrected chi connectivity index (χ2v) is 5.31. The van der Waals surface area contributed by atoms with Crippen molar-refractivity contribution in [3.63, 3.8) is 0 Å². The molecule has 0 bridgehead atoms. The zero-order valence-electron chi connectivity index (χ0n) is 10.3. The summed E-state index contributed by atoms with van der Waals surface area (Å²) in [6, 6.07) is 7.30. The van der Waals surface area contributed by atoms with Gasteiger partial charge in [-0.1, -0.05) is 29.3 Å². The predicted octanol–water partition coefficient (Wildman–Crippen LogP) is 3.08.